The quantitative estimate of drug-likeness (QED) is 0.818. The Morgan fingerprint density at radius 1 is 1.27 bits per heavy atom. The van der Waals surface area contributed by atoms with Crippen LogP contribution >= 0.6 is 0 Å². The van der Waals surface area contributed by atoms with Crippen molar-refractivity contribution in [3.8, 4) is 5.75 Å². The summed E-state index contributed by atoms with van der Waals surface area (Å²) in [6.07, 6.45) is 6.28. The van der Waals surface area contributed by atoms with Crippen LogP contribution < -0.4 is 4.74 Å². The van der Waals surface area contributed by atoms with E-state index in [-0.39, 0.29) is 12.1 Å². The molecule has 0 radical (unpaired) electrons. The van der Waals surface area contributed by atoms with Crippen molar-refractivity contribution in [2.24, 2.45) is 5.92 Å². The molecule has 3 aliphatic heterocycles. The molecule has 3 heterocycles. The first kappa shape index (κ1) is 15.5. The lowest BCUT2D eigenvalue weighted by Gasteiger charge is -2.47. The summed E-state index contributed by atoms with van der Waals surface area (Å²) in [5, 5.41) is 10.4. The van der Waals surface area contributed by atoms with Crippen LogP contribution in [0.3, 0.4) is 0 Å². The smallest absolute Gasteiger partial charge is 0.120 e. The van der Waals surface area contributed by atoms with E-state index in [4.69, 9.17) is 9.47 Å². The molecule has 0 spiro atoms. The van der Waals surface area contributed by atoms with Crippen molar-refractivity contribution >= 4 is 6.08 Å². The molecular weight excluding hydrogens is 278 g/mol. The van der Waals surface area contributed by atoms with Gasteiger partial charge in [0.15, 0.2) is 0 Å². The number of rotatable bonds is 6. The first-order valence-corrected chi connectivity index (χ1v) is 8.10. The maximum absolute atomic E-state index is 10.4. The second-order valence-corrected chi connectivity index (χ2v) is 6.13. The lowest BCUT2D eigenvalue weighted by molar-refractivity contribution is -0.0533. The van der Waals surface area contributed by atoms with Gasteiger partial charge in [-0.15, -0.1) is 0 Å². The van der Waals surface area contributed by atoms with Crippen LogP contribution in [0.25, 0.3) is 6.08 Å². The SMILES string of the molecule is COCCOc1cccc(/C=C/C2C(O)C3CCN2CC3)c1. The fourth-order valence-electron chi connectivity index (χ4n) is 3.45. The third-order valence-corrected chi connectivity index (χ3v) is 4.73. The van der Waals surface area contributed by atoms with Crippen LogP contribution in [0.2, 0.25) is 0 Å². The fraction of sp³-hybridized carbons (Fsp3) is 0.556. The Bertz CT molecular complexity index is 507. The number of benzene rings is 1. The van der Waals surface area contributed by atoms with Crippen LogP contribution in [0.1, 0.15) is 18.4 Å². The molecule has 0 aliphatic carbocycles. The molecule has 22 heavy (non-hydrogen) atoms. The highest BCUT2D eigenvalue weighted by atomic mass is 16.5. The van der Waals surface area contributed by atoms with Gasteiger partial charge in [-0.2, -0.15) is 0 Å². The number of nitrogens with zero attached hydrogens (tertiary/aromatic N) is 1. The van der Waals surface area contributed by atoms with Gasteiger partial charge in [-0.1, -0.05) is 24.3 Å². The molecule has 2 unspecified atom stereocenters. The lowest BCUT2D eigenvalue weighted by Crippen LogP contribution is -2.56. The van der Waals surface area contributed by atoms with Gasteiger partial charge in [-0.05, 0) is 49.5 Å². The van der Waals surface area contributed by atoms with Gasteiger partial charge < -0.3 is 14.6 Å². The summed E-state index contributed by atoms with van der Waals surface area (Å²) in [6.45, 7) is 3.36. The Labute approximate surface area is 132 Å². The van der Waals surface area contributed by atoms with Gasteiger partial charge in [0.1, 0.15) is 12.4 Å². The minimum Gasteiger partial charge on any atom is -0.491 e. The average molecular weight is 303 g/mol. The summed E-state index contributed by atoms with van der Waals surface area (Å²) >= 11 is 0. The maximum Gasteiger partial charge on any atom is 0.120 e. The van der Waals surface area contributed by atoms with Gasteiger partial charge in [-0.3, -0.25) is 4.90 Å². The number of hydrogen-bond donors (Lipinski definition) is 1. The first-order valence-electron chi connectivity index (χ1n) is 8.10. The molecule has 4 nitrogen and oxygen atoms in total. The molecule has 1 aromatic carbocycles. The number of fused-ring (bicyclic) bond motifs is 3. The molecule has 0 saturated carbocycles. The Balaban J connectivity index is 1.63. The first-order chi connectivity index (χ1) is 10.8. The van der Waals surface area contributed by atoms with Gasteiger partial charge in [0.2, 0.25) is 0 Å². The molecule has 3 saturated heterocycles. The monoisotopic (exact) mass is 303 g/mol. The van der Waals surface area contributed by atoms with Gasteiger partial charge in [0, 0.05) is 7.11 Å². The van der Waals surface area contributed by atoms with E-state index in [2.05, 4.69) is 23.1 Å². The van der Waals surface area contributed by atoms with Crippen molar-refractivity contribution in [1.29, 1.82) is 0 Å². The van der Waals surface area contributed by atoms with Crippen molar-refractivity contribution in [1.82, 2.24) is 4.90 Å². The fourth-order valence-corrected chi connectivity index (χ4v) is 3.45. The molecule has 1 N–H and O–H groups in total. The molecule has 4 rings (SSSR count). The highest BCUT2D eigenvalue weighted by Crippen LogP contribution is 2.33. The lowest BCUT2D eigenvalue weighted by atomic mass is 9.80. The number of aliphatic hydroxyl groups is 1. The van der Waals surface area contributed by atoms with Gasteiger partial charge >= 0.3 is 0 Å². The molecule has 0 aromatic heterocycles. The highest BCUT2D eigenvalue weighted by Gasteiger charge is 2.39. The van der Waals surface area contributed by atoms with Gasteiger partial charge in [0.05, 0.1) is 18.8 Å². The summed E-state index contributed by atoms with van der Waals surface area (Å²) in [5.74, 6) is 1.33. The Morgan fingerprint density at radius 2 is 2.09 bits per heavy atom. The number of methoxy groups -OCH3 is 1. The molecule has 3 aliphatic rings. The number of piperidine rings is 3. The zero-order valence-electron chi connectivity index (χ0n) is 13.1. The van der Waals surface area contributed by atoms with Gasteiger partial charge in [0.25, 0.3) is 0 Å². The second-order valence-electron chi connectivity index (χ2n) is 6.13. The second kappa shape index (κ2) is 7.27. The van der Waals surface area contributed by atoms with Crippen molar-refractivity contribution in [2.75, 3.05) is 33.4 Å². The molecule has 2 atom stereocenters. The molecule has 1 aromatic rings. The molecule has 2 bridgehead atoms. The van der Waals surface area contributed by atoms with E-state index in [0.717, 1.165) is 37.2 Å². The predicted octanol–water partition coefficient (Wildman–Crippen LogP) is 2.18. The predicted molar refractivity (Wildman–Crippen MR) is 86.9 cm³/mol. The van der Waals surface area contributed by atoms with E-state index in [0.29, 0.717) is 19.1 Å². The normalized spacial score (nSPS) is 30.8. The van der Waals surface area contributed by atoms with E-state index in [9.17, 15) is 5.11 Å². The van der Waals surface area contributed by atoms with Crippen LogP contribution in [-0.4, -0.2) is 55.6 Å². The molecule has 0 amide bonds. The average Bonchev–Trinajstić information content (AvgIpc) is 2.56. The molecule has 120 valence electrons. The summed E-state index contributed by atoms with van der Waals surface area (Å²) in [6, 6.07) is 8.18. The van der Waals surface area contributed by atoms with Crippen molar-refractivity contribution in [3.63, 3.8) is 0 Å². The summed E-state index contributed by atoms with van der Waals surface area (Å²) in [5.41, 5.74) is 1.10. The zero-order chi connectivity index (χ0) is 15.4. The van der Waals surface area contributed by atoms with E-state index in [1.54, 1.807) is 7.11 Å². The zero-order valence-corrected chi connectivity index (χ0v) is 13.1. The topological polar surface area (TPSA) is 41.9 Å². The number of aliphatic hydroxyl groups excluding tert-OH is 1. The largest absolute Gasteiger partial charge is 0.491 e. The van der Waals surface area contributed by atoms with Crippen molar-refractivity contribution in [2.45, 2.75) is 25.0 Å². The number of ether oxygens (including phenoxy) is 2. The van der Waals surface area contributed by atoms with E-state index < -0.39 is 0 Å². The maximum atomic E-state index is 10.4. The van der Waals surface area contributed by atoms with E-state index in [1.807, 2.05) is 18.2 Å². The summed E-state index contributed by atoms with van der Waals surface area (Å²) in [7, 11) is 1.67. The summed E-state index contributed by atoms with van der Waals surface area (Å²) < 4.78 is 10.6. The molecular formula is C18H25NO3. The molecule has 4 heteroatoms. The van der Waals surface area contributed by atoms with E-state index >= 15 is 0 Å². The van der Waals surface area contributed by atoms with Crippen molar-refractivity contribution < 1.29 is 14.6 Å². The minimum absolute atomic E-state index is 0.158. The van der Waals surface area contributed by atoms with Crippen LogP contribution in [0.5, 0.6) is 5.75 Å². The third kappa shape index (κ3) is 3.51. The summed E-state index contributed by atoms with van der Waals surface area (Å²) in [4.78, 5) is 2.39. The minimum atomic E-state index is -0.222. The van der Waals surface area contributed by atoms with Crippen LogP contribution in [0, 0.1) is 5.92 Å². The highest BCUT2D eigenvalue weighted by molar-refractivity contribution is 5.52. The van der Waals surface area contributed by atoms with Crippen LogP contribution in [0.4, 0.5) is 0 Å². The van der Waals surface area contributed by atoms with E-state index in [1.165, 1.54) is 0 Å². The Hall–Kier alpha value is -1.36. The van der Waals surface area contributed by atoms with Crippen molar-refractivity contribution in [3.05, 3.63) is 35.9 Å². The Morgan fingerprint density at radius 3 is 2.82 bits per heavy atom. The van der Waals surface area contributed by atoms with Crippen LogP contribution in [0.15, 0.2) is 30.3 Å². The van der Waals surface area contributed by atoms with Gasteiger partial charge in [-0.25, -0.2) is 0 Å². The molecule has 3 fully saturated rings. The third-order valence-electron chi connectivity index (χ3n) is 4.73. The van der Waals surface area contributed by atoms with Crippen LogP contribution in [-0.2, 0) is 4.74 Å². The Kier molecular flexibility index (Phi) is 5.13. The number of hydrogen-bond acceptors (Lipinski definition) is 4. The standard InChI is InChI=1S/C18H25NO3/c1-21-11-12-22-16-4-2-3-14(13-16)5-6-17-18(20)15-7-9-19(17)10-8-15/h2-6,13,15,17-18,20H,7-12H2,1H3/b6-5+.